The Balaban J connectivity index is 2.58. The Kier molecular flexibility index (Phi) is 8.40. The van der Waals surface area contributed by atoms with Gasteiger partial charge in [0, 0.05) is 11.8 Å². The summed E-state index contributed by atoms with van der Waals surface area (Å²) < 4.78 is 0. The fourth-order valence-electron chi connectivity index (χ4n) is 3.49. The van der Waals surface area contributed by atoms with Crippen molar-refractivity contribution in [3.8, 4) is 0 Å². The van der Waals surface area contributed by atoms with Crippen molar-refractivity contribution < 1.29 is 9.59 Å². The number of hydrogen-bond acceptors (Lipinski definition) is 2. The molecule has 0 aromatic heterocycles. The predicted octanol–water partition coefficient (Wildman–Crippen LogP) is 3.42. The smallest absolute Gasteiger partial charge is 0.223 e. The van der Waals surface area contributed by atoms with Gasteiger partial charge in [0.2, 0.25) is 11.8 Å². The Hall–Kier alpha value is -1.06. The summed E-state index contributed by atoms with van der Waals surface area (Å²) in [5.74, 6) is -0.397. The minimum absolute atomic E-state index is 0.138. The maximum atomic E-state index is 12.1. The quantitative estimate of drug-likeness (QED) is 0.736. The maximum Gasteiger partial charge on any atom is 0.223 e. The molecule has 1 aliphatic carbocycles. The van der Waals surface area contributed by atoms with Crippen LogP contribution < -0.4 is 11.5 Å². The Bertz CT molecular complexity index is 317. The number of amides is 2. The van der Waals surface area contributed by atoms with Gasteiger partial charge in [-0.15, -0.1) is 0 Å². The van der Waals surface area contributed by atoms with E-state index in [4.69, 9.17) is 11.5 Å². The molecule has 122 valence electrons. The largest absolute Gasteiger partial charge is 0.370 e. The average molecular weight is 296 g/mol. The summed E-state index contributed by atoms with van der Waals surface area (Å²) in [5, 5.41) is 0. The molecule has 0 atom stereocenters. The van der Waals surface area contributed by atoms with Crippen molar-refractivity contribution in [1.82, 2.24) is 0 Å². The first-order chi connectivity index (χ1) is 10.1. The average Bonchev–Trinajstić information content (AvgIpc) is 2.48. The summed E-state index contributed by atoms with van der Waals surface area (Å²) in [6.45, 7) is 0. The van der Waals surface area contributed by atoms with E-state index in [0.29, 0.717) is 6.42 Å². The van der Waals surface area contributed by atoms with Gasteiger partial charge in [0.25, 0.3) is 0 Å². The van der Waals surface area contributed by atoms with Crippen LogP contribution in [0.5, 0.6) is 0 Å². The monoisotopic (exact) mass is 296 g/mol. The number of nitrogens with two attached hydrogens (primary N) is 2. The second-order valence-electron chi connectivity index (χ2n) is 6.65. The number of carbonyl (C=O) groups is 2. The van der Waals surface area contributed by atoms with Crippen LogP contribution in [0.3, 0.4) is 0 Å². The van der Waals surface area contributed by atoms with Crippen LogP contribution in [0.15, 0.2) is 0 Å². The molecule has 1 rings (SSSR count). The van der Waals surface area contributed by atoms with Gasteiger partial charge in [-0.1, -0.05) is 57.8 Å². The second kappa shape index (κ2) is 9.80. The van der Waals surface area contributed by atoms with E-state index in [0.717, 1.165) is 44.9 Å². The molecule has 1 saturated carbocycles. The van der Waals surface area contributed by atoms with Gasteiger partial charge < -0.3 is 11.5 Å². The van der Waals surface area contributed by atoms with E-state index in [2.05, 4.69) is 0 Å². The van der Waals surface area contributed by atoms with E-state index in [1.165, 1.54) is 38.5 Å². The number of unbranched alkanes of at least 4 members (excludes halogenated alkanes) is 1. The van der Waals surface area contributed by atoms with Gasteiger partial charge in [-0.3, -0.25) is 9.59 Å². The highest BCUT2D eigenvalue weighted by Crippen LogP contribution is 2.37. The van der Waals surface area contributed by atoms with Crippen LogP contribution in [0.4, 0.5) is 0 Å². The maximum absolute atomic E-state index is 12.1. The van der Waals surface area contributed by atoms with E-state index >= 15 is 0 Å². The van der Waals surface area contributed by atoms with Crippen LogP contribution >= 0.6 is 0 Å². The first kappa shape index (κ1) is 18.0. The number of primary amides is 2. The summed E-state index contributed by atoms with van der Waals surface area (Å²) in [5.41, 5.74) is 10.6. The molecule has 0 radical (unpaired) electrons. The zero-order valence-corrected chi connectivity index (χ0v) is 13.4. The minimum Gasteiger partial charge on any atom is -0.370 e. The van der Waals surface area contributed by atoms with Gasteiger partial charge in [0.05, 0.1) is 0 Å². The van der Waals surface area contributed by atoms with Crippen LogP contribution in [-0.2, 0) is 9.59 Å². The molecule has 4 N–H and O–H groups in total. The number of carbonyl (C=O) groups excluding carboxylic acids is 2. The van der Waals surface area contributed by atoms with Crippen LogP contribution in [0.2, 0.25) is 0 Å². The van der Waals surface area contributed by atoms with Gasteiger partial charge in [-0.25, -0.2) is 0 Å². The van der Waals surface area contributed by atoms with E-state index in [1.54, 1.807) is 0 Å². The lowest BCUT2D eigenvalue weighted by Gasteiger charge is -2.31. The first-order valence-corrected chi connectivity index (χ1v) is 8.65. The zero-order valence-electron chi connectivity index (χ0n) is 13.4. The third-order valence-electron chi connectivity index (χ3n) is 4.91. The van der Waals surface area contributed by atoms with Crippen molar-refractivity contribution in [2.24, 2.45) is 16.9 Å². The van der Waals surface area contributed by atoms with Crippen molar-refractivity contribution in [3.05, 3.63) is 0 Å². The fraction of sp³-hybridized carbons (Fsp3) is 0.882. The molecule has 2 amide bonds. The molecule has 4 heteroatoms. The fourth-order valence-corrected chi connectivity index (χ4v) is 3.49. The summed E-state index contributed by atoms with van der Waals surface area (Å²) >= 11 is 0. The molecule has 0 aliphatic heterocycles. The molecule has 0 unspecified atom stereocenters. The highest BCUT2D eigenvalue weighted by molar-refractivity contribution is 5.80. The van der Waals surface area contributed by atoms with Crippen molar-refractivity contribution in [1.29, 1.82) is 0 Å². The molecule has 0 spiro atoms. The lowest BCUT2D eigenvalue weighted by atomic mass is 9.73. The molecule has 0 heterocycles. The molecule has 4 nitrogen and oxygen atoms in total. The van der Waals surface area contributed by atoms with Crippen molar-refractivity contribution in [2.45, 2.75) is 89.9 Å². The second-order valence-corrected chi connectivity index (χ2v) is 6.65. The third-order valence-corrected chi connectivity index (χ3v) is 4.91. The lowest BCUT2D eigenvalue weighted by Crippen LogP contribution is -2.37. The van der Waals surface area contributed by atoms with Crippen LogP contribution in [-0.4, -0.2) is 11.8 Å². The van der Waals surface area contributed by atoms with E-state index in [1.807, 2.05) is 0 Å². The van der Waals surface area contributed by atoms with Gasteiger partial charge >= 0.3 is 0 Å². The Morgan fingerprint density at radius 3 is 1.67 bits per heavy atom. The Morgan fingerprint density at radius 1 is 0.762 bits per heavy atom. The summed E-state index contributed by atoms with van der Waals surface area (Å²) in [6.07, 6.45) is 14.5. The topological polar surface area (TPSA) is 86.2 Å². The number of hydrogen-bond donors (Lipinski definition) is 2. The number of rotatable bonds is 6. The summed E-state index contributed by atoms with van der Waals surface area (Å²) in [4.78, 5) is 22.9. The normalized spacial score (nSPS) is 20.4. The van der Waals surface area contributed by atoms with Crippen molar-refractivity contribution in [2.75, 3.05) is 0 Å². The SMILES string of the molecule is NC(=O)CCCCC1(C(N)=O)CCCCCCCCCC1. The molecule has 21 heavy (non-hydrogen) atoms. The highest BCUT2D eigenvalue weighted by Gasteiger charge is 2.34. The van der Waals surface area contributed by atoms with Crippen molar-refractivity contribution in [3.63, 3.8) is 0 Å². The molecule has 0 aromatic rings. The van der Waals surface area contributed by atoms with Gasteiger partial charge in [0.1, 0.15) is 0 Å². The Morgan fingerprint density at radius 2 is 1.24 bits per heavy atom. The van der Waals surface area contributed by atoms with Crippen LogP contribution in [0.25, 0.3) is 0 Å². The van der Waals surface area contributed by atoms with Gasteiger partial charge in [-0.05, 0) is 25.7 Å². The molecule has 0 saturated heterocycles. The first-order valence-electron chi connectivity index (χ1n) is 8.65. The molecule has 1 aliphatic rings. The van der Waals surface area contributed by atoms with Crippen LogP contribution in [0, 0.1) is 5.41 Å². The molecule has 0 aromatic carbocycles. The van der Waals surface area contributed by atoms with Gasteiger partial charge in [0.15, 0.2) is 0 Å². The minimum atomic E-state index is -0.345. The third kappa shape index (κ3) is 6.96. The van der Waals surface area contributed by atoms with Crippen molar-refractivity contribution >= 4 is 11.8 Å². The summed E-state index contributed by atoms with van der Waals surface area (Å²) in [6, 6.07) is 0. The Labute approximate surface area is 129 Å². The zero-order chi connectivity index (χ0) is 15.6. The van der Waals surface area contributed by atoms with Gasteiger partial charge in [-0.2, -0.15) is 0 Å². The standard InChI is InChI=1S/C17H32N2O2/c18-15(20)11-7-10-14-17(16(19)21)12-8-5-3-1-2-4-6-9-13-17/h1-14H2,(H2,18,20)(H2,19,21). The van der Waals surface area contributed by atoms with E-state index in [9.17, 15) is 9.59 Å². The molecular formula is C17H32N2O2. The highest BCUT2D eigenvalue weighted by atomic mass is 16.1. The predicted molar refractivity (Wildman–Crippen MR) is 85.5 cm³/mol. The molecular weight excluding hydrogens is 264 g/mol. The molecule has 1 fully saturated rings. The van der Waals surface area contributed by atoms with E-state index in [-0.39, 0.29) is 17.2 Å². The van der Waals surface area contributed by atoms with Crippen LogP contribution in [0.1, 0.15) is 89.9 Å². The van der Waals surface area contributed by atoms with E-state index < -0.39 is 0 Å². The lowest BCUT2D eigenvalue weighted by molar-refractivity contribution is -0.129. The summed E-state index contributed by atoms with van der Waals surface area (Å²) in [7, 11) is 0. The molecule has 0 bridgehead atoms.